The Bertz CT molecular complexity index is 1090. The number of benzene rings is 2. The number of nitrogen functional groups attached to an aromatic ring is 1. The van der Waals surface area contributed by atoms with Gasteiger partial charge in [0.2, 0.25) is 0 Å². The first kappa shape index (κ1) is 26.3. The Labute approximate surface area is 212 Å². The molecule has 2 aromatic rings. The number of amidine groups is 1. The van der Waals surface area contributed by atoms with Crippen LogP contribution in [-0.4, -0.2) is 37.5 Å². The van der Waals surface area contributed by atoms with Crippen LogP contribution in [0.15, 0.2) is 54.3 Å². The summed E-state index contributed by atoms with van der Waals surface area (Å²) in [5.74, 6) is 0.302. The standard InChI is InChI=1S/C27H31N3O4.ClH/c1-33-23-17-30(21-14-12-20(13-15-21)26(28)29)27(32)25(23)19-10-7-18(8-11-19)9-16-24(31)34-22-5-3-2-4-6-22;/h7-8,10-15,22H,2-6,9,16-17H2,1H3,(H3,28,29);1H. The van der Waals surface area contributed by atoms with Gasteiger partial charge in [0.15, 0.2) is 0 Å². The number of halogens is 1. The molecule has 1 saturated carbocycles. The number of hydrogen-bond donors (Lipinski definition) is 2. The Morgan fingerprint density at radius 3 is 2.31 bits per heavy atom. The summed E-state index contributed by atoms with van der Waals surface area (Å²) in [6.45, 7) is 0.332. The highest BCUT2D eigenvalue weighted by molar-refractivity contribution is 6.29. The first-order valence-electron chi connectivity index (χ1n) is 11.8. The van der Waals surface area contributed by atoms with Gasteiger partial charge in [-0.3, -0.25) is 15.0 Å². The predicted molar refractivity (Wildman–Crippen MR) is 139 cm³/mol. The summed E-state index contributed by atoms with van der Waals surface area (Å²) in [4.78, 5) is 27.1. The van der Waals surface area contributed by atoms with Gasteiger partial charge in [-0.25, -0.2) is 0 Å². The Morgan fingerprint density at radius 2 is 1.71 bits per heavy atom. The van der Waals surface area contributed by atoms with E-state index in [4.69, 9.17) is 20.6 Å². The SMILES string of the molecule is COC1=C(c2ccc(CCC(=O)OC3CCCCC3)cc2)C(=O)N(c2ccc(C(=N)N)cc2)C1.Cl. The molecule has 2 aliphatic rings. The van der Waals surface area contributed by atoms with Crippen LogP contribution in [0.25, 0.3) is 5.57 Å². The van der Waals surface area contributed by atoms with Crippen molar-refractivity contribution in [1.29, 1.82) is 5.41 Å². The maximum atomic E-state index is 13.2. The second-order valence-corrected chi connectivity index (χ2v) is 8.80. The van der Waals surface area contributed by atoms with Crippen molar-refractivity contribution < 1.29 is 19.1 Å². The van der Waals surface area contributed by atoms with Crippen LogP contribution < -0.4 is 10.6 Å². The van der Waals surface area contributed by atoms with Crippen molar-refractivity contribution in [2.45, 2.75) is 51.0 Å². The number of nitrogens with two attached hydrogens (primary N) is 1. The summed E-state index contributed by atoms with van der Waals surface area (Å²) in [7, 11) is 1.57. The van der Waals surface area contributed by atoms with E-state index < -0.39 is 0 Å². The molecule has 4 rings (SSSR count). The molecule has 0 unspecified atom stereocenters. The highest BCUT2D eigenvalue weighted by atomic mass is 35.5. The first-order valence-corrected chi connectivity index (χ1v) is 11.8. The third kappa shape index (κ3) is 6.22. The number of ether oxygens (including phenoxy) is 2. The average Bonchev–Trinajstić information content (AvgIpc) is 3.20. The van der Waals surface area contributed by atoms with Crippen LogP contribution >= 0.6 is 12.4 Å². The van der Waals surface area contributed by atoms with Crippen molar-refractivity contribution in [3.8, 4) is 0 Å². The lowest BCUT2D eigenvalue weighted by molar-refractivity contribution is -0.150. The molecule has 3 N–H and O–H groups in total. The van der Waals surface area contributed by atoms with Gasteiger partial charge in [-0.15, -0.1) is 12.4 Å². The number of amides is 1. The number of esters is 1. The second kappa shape index (κ2) is 11.9. The summed E-state index contributed by atoms with van der Waals surface area (Å²) in [6, 6.07) is 14.7. The minimum atomic E-state index is -0.142. The van der Waals surface area contributed by atoms with E-state index in [0.29, 0.717) is 42.0 Å². The number of carbonyl (C=O) groups excluding carboxylic acids is 2. The zero-order valence-corrected chi connectivity index (χ0v) is 20.7. The van der Waals surface area contributed by atoms with Gasteiger partial charge in [0.25, 0.3) is 5.91 Å². The maximum Gasteiger partial charge on any atom is 0.306 e. The molecule has 7 nitrogen and oxygen atoms in total. The van der Waals surface area contributed by atoms with Crippen molar-refractivity contribution >= 4 is 41.4 Å². The van der Waals surface area contributed by atoms with E-state index in [9.17, 15) is 9.59 Å². The molecule has 1 fully saturated rings. The number of hydrogen-bond acceptors (Lipinski definition) is 5. The minimum absolute atomic E-state index is 0. The summed E-state index contributed by atoms with van der Waals surface area (Å²) >= 11 is 0. The lowest BCUT2D eigenvalue weighted by atomic mass is 9.98. The van der Waals surface area contributed by atoms with E-state index in [1.807, 2.05) is 24.3 Å². The fourth-order valence-corrected chi connectivity index (χ4v) is 4.54. The van der Waals surface area contributed by atoms with E-state index >= 15 is 0 Å². The van der Waals surface area contributed by atoms with Gasteiger partial charge in [-0.1, -0.05) is 30.7 Å². The Morgan fingerprint density at radius 1 is 1.06 bits per heavy atom. The van der Waals surface area contributed by atoms with Crippen molar-refractivity contribution in [1.82, 2.24) is 0 Å². The molecule has 0 atom stereocenters. The van der Waals surface area contributed by atoms with Crippen LogP contribution in [0.5, 0.6) is 0 Å². The van der Waals surface area contributed by atoms with Gasteiger partial charge in [-0.2, -0.15) is 0 Å². The molecule has 0 spiro atoms. The van der Waals surface area contributed by atoms with Gasteiger partial charge in [0.1, 0.15) is 17.7 Å². The fourth-order valence-electron chi connectivity index (χ4n) is 4.54. The molecule has 0 bridgehead atoms. The second-order valence-electron chi connectivity index (χ2n) is 8.80. The molecular weight excluding hydrogens is 466 g/mol. The summed E-state index contributed by atoms with van der Waals surface area (Å²) in [6.07, 6.45) is 6.49. The van der Waals surface area contributed by atoms with Gasteiger partial charge in [0, 0.05) is 17.7 Å². The number of carbonyl (C=O) groups is 2. The number of anilines is 1. The molecule has 1 amide bonds. The van der Waals surface area contributed by atoms with Crippen LogP contribution in [0.4, 0.5) is 5.69 Å². The molecule has 0 aromatic heterocycles. The monoisotopic (exact) mass is 497 g/mol. The zero-order chi connectivity index (χ0) is 24.1. The summed E-state index contributed by atoms with van der Waals surface area (Å²) in [5, 5.41) is 7.53. The normalized spacial score (nSPS) is 16.1. The van der Waals surface area contributed by atoms with Crippen molar-refractivity contribution in [3.63, 3.8) is 0 Å². The van der Waals surface area contributed by atoms with E-state index in [0.717, 1.165) is 36.8 Å². The molecular formula is C27H32ClN3O4. The lowest BCUT2D eigenvalue weighted by Crippen LogP contribution is -2.26. The molecule has 0 radical (unpaired) electrons. The van der Waals surface area contributed by atoms with Gasteiger partial charge in [0.05, 0.1) is 19.2 Å². The topological polar surface area (TPSA) is 106 Å². The van der Waals surface area contributed by atoms with Crippen LogP contribution in [-0.2, 0) is 25.5 Å². The number of rotatable bonds is 8. The summed E-state index contributed by atoms with van der Waals surface area (Å²) < 4.78 is 11.1. The van der Waals surface area contributed by atoms with Crippen molar-refractivity contribution in [2.75, 3.05) is 18.6 Å². The highest BCUT2D eigenvalue weighted by Crippen LogP contribution is 2.32. The third-order valence-corrected chi connectivity index (χ3v) is 6.49. The third-order valence-electron chi connectivity index (χ3n) is 6.49. The molecule has 0 saturated heterocycles. The minimum Gasteiger partial charge on any atom is -0.498 e. The highest BCUT2D eigenvalue weighted by Gasteiger charge is 2.33. The smallest absolute Gasteiger partial charge is 0.306 e. The van der Waals surface area contributed by atoms with E-state index in [1.165, 1.54) is 6.42 Å². The maximum absolute atomic E-state index is 13.2. The molecule has 8 heteroatoms. The van der Waals surface area contributed by atoms with E-state index in [1.54, 1.807) is 36.3 Å². The largest absolute Gasteiger partial charge is 0.498 e. The van der Waals surface area contributed by atoms with Gasteiger partial charge in [-0.05, 0) is 67.5 Å². The van der Waals surface area contributed by atoms with Gasteiger partial charge >= 0.3 is 5.97 Å². The number of aryl methyl sites for hydroxylation is 1. The van der Waals surface area contributed by atoms with Crippen molar-refractivity contribution in [2.24, 2.45) is 5.73 Å². The predicted octanol–water partition coefficient (Wildman–Crippen LogP) is 4.61. The molecule has 186 valence electrons. The summed E-state index contributed by atoms with van der Waals surface area (Å²) in [5.41, 5.74) is 9.17. The molecule has 35 heavy (non-hydrogen) atoms. The quantitative estimate of drug-likeness (QED) is 0.315. The van der Waals surface area contributed by atoms with Crippen LogP contribution in [0.1, 0.15) is 55.2 Å². The zero-order valence-electron chi connectivity index (χ0n) is 19.9. The van der Waals surface area contributed by atoms with Crippen LogP contribution in [0.2, 0.25) is 0 Å². The van der Waals surface area contributed by atoms with Crippen molar-refractivity contribution in [3.05, 3.63) is 71.0 Å². The molecule has 1 aliphatic carbocycles. The van der Waals surface area contributed by atoms with E-state index in [2.05, 4.69) is 0 Å². The average molecular weight is 498 g/mol. The van der Waals surface area contributed by atoms with E-state index in [-0.39, 0.29) is 36.2 Å². The molecule has 1 heterocycles. The number of nitrogens with one attached hydrogen (secondary N) is 1. The number of nitrogens with zero attached hydrogens (tertiary/aromatic N) is 1. The molecule has 2 aromatic carbocycles. The first-order chi connectivity index (χ1) is 16.5. The van der Waals surface area contributed by atoms with Gasteiger partial charge < -0.3 is 20.1 Å². The van der Waals surface area contributed by atoms with Crippen LogP contribution in [0.3, 0.4) is 0 Å². The molecule has 1 aliphatic heterocycles. The Hall–Kier alpha value is -3.32. The fraction of sp³-hybridized carbons (Fsp3) is 0.370. The Balaban J connectivity index is 0.00000342. The lowest BCUT2D eigenvalue weighted by Gasteiger charge is -2.21. The Kier molecular flexibility index (Phi) is 8.93. The number of methoxy groups -OCH3 is 1. The van der Waals surface area contributed by atoms with Crippen LogP contribution in [0, 0.1) is 5.41 Å².